The standard InChI is InChI=1S/C12H16N2O4/c1-8(5-12(15)16)7-13-10-3-4-11(14(17)18)9(2)6-10/h3-4,6,8,13H,5,7H2,1-2H3,(H,15,16). The van der Waals surface area contributed by atoms with Gasteiger partial charge >= 0.3 is 5.97 Å². The largest absolute Gasteiger partial charge is 0.481 e. The number of nitro groups is 1. The van der Waals surface area contributed by atoms with Crippen LogP contribution in [0.4, 0.5) is 11.4 Å². The number of hydrogen-bond donors (Lipinski definition) is 2. The van der Waals surface area contributed by atoms with Crippen molar-refractivity contribution in [1.82, 2.24) is 0 Å². The number of anilines is 1. The Hall–Kier alpha value is -2.11. The predicted octanol–water partition coefficient (Wildman–Crippen LogP) is 2.43. The molecular formula is C12H16N2O4. The minimum Gasteiger partial charge on any atom is -0.481 e. The number of rotatable bonds is 6. The number of aryl methyl sites for hydroxylation is 1. The quantitative estimate of drug-likeness (QED) is 0.599. The molecule has 0 aliphatic heterocycles. The van der Waals surface area contributed by atoms with Gasteiger partial charge in [-0.05, 0) is 25.0 Å². The Morgan fingerprint density at radius 2 is 2.22 bits per heavy atom. The van der Waals surface area contributed by atoms with Crippen LogP contribution in [-0.4, -0.2) is 22.5 Å². The lowest BCUT2D eigenvalue weighted by Gasteiger charge is -2.11. The van der Waals surface area contributed by atoms with E-state index < -0.39 is 10.9 Å². The van der Waals surface area contributed by atoms with Crippen molar-refractivity contribution in [3.05, 3.63) is 33.9 Å². The van der Waals surface area contributed by atoms with Crippen LogP contribution in [-0.2, 0) is 4.79 Å². The molecule has 1 aromatic rings. The van der Waals surface area contributed by atoms with Crippen LogP contribution >= 0.6 is 0 Å². The van der Waals surface area contributed by atoms with Gasteiger partial charge in [0.05, 0.1) is 4.92 Å². The van der Waals surface area contributed by atoms with Gasteiger partial charge in [-0.3, -0.25) is 14.9 Å². The summed E-state index contributed by atoms with van der Waals surface area (Å²) in [6, 6.07) is 4.75. The van der Waals surface area contributed by atoms with E-state index in [1.165, 1.54) is 6.07 Å². The van der Waals surface area contributed by atoms with E-state index >= 15 is 0 Å². The van der Waals surface area contributed by atoms with Crippen molar-refractivity contribution in [3.8, 4) is 0 Å². The molecule has 2 N–H and O–H groups in total. The van der Waals surface area contributed by atoms with Crippen molar-refractivity contribution in [2.24, 2.45) is 5.92 Å². The fourth-order valence-corrected chi connectivity index (χ4v) is 1.63. The lowest BCUT2D eigenvalue weighted by molar-refractivity contribution is -0.385. The highest BCUT2D eigenvalue weighted by Crippen LogP contribution is 2.21. The zero-order valence-electron chi connectivity index (χ0n) is 10.3. The highest BCUT2D eigenvalue weighted by atomic mass is 16.6. The monoisotopic (exact) mass is 252 g/mol. The molecule has 0 spiro atoms. The second-order valence-electron chi connectivity index (χ2n) is 4.34. The molecule has 6 heteroatoms. The number of hydrogen-bond acceptors (Lipinski definition) is 4. The molecule has 1 rings (SSSR count). The van der Waals surface area contributed by atoms with Gasteiger partial charge in [0, 0.05) is 30.3 Å². The molecule has 0 saturated heterocycles. The van der Waals surface area contributed by atoms with E-state index in [4.69, 9.17) is 5.11 Å². The van der Waals surface area contributed by atoms with Crippen molar-refractivity contribution in [2.45, 2.75) is 20.3 Å². The van der Waals surface area contributed by atoms with E-state index in [0.717, 1.165) is 5.69 Å². The number of carboxylic acids is 1. The minimum atomic E-state index is -0.829. The maximum absolute atomic E-state index is 10.6. The van der Waals surface area contributed by atoms with Crippen LogP contribution in [0.25, 0.3) is 0 Å². The van der Waals surface area contributed by atoms with Crippen molar-refractivity contribution in [1.29, 1.82) is 0 Å². The minimum absolute atomic E-state index is 0.00185. The van der Waals surface area contributed by atoms with Crippen molar-refractivity contribution >= 4 is 17.3 Å². The molecule has 98 valence electrons. The molecule has 0 radical (unpaired) electrons. The van der Waals surface area contributed by atoms with Gasteiger partial charge in [-0.1, -0.05) is 6.92 Å². The Balaban J connectivity index is 2.61. The topological polar surface area (TPSA) is 92.5 Å². The molecule has 18 heavy (non-hydrogen) atoms. The summed E-state index contributed by atoms with van der Waals surface area (Å²) in [6.45, 7) is 4.02. The van der Waals surface area contributed by atoms with Crippen LogP contribution < -0.4 is 5.32 Å². The third-order valence-corrected chi connectivity index (χ3v) is 2.57. The smallest absolute Gasteiger partial charge is 0.303 e. The molecule has 0 bridgehead atoms. The predicted molar refractivity (Wildman–Crippen MR) is 67.7 cm³/mol. The molecule has 0 saturated carbocycles. The van der Waals surface area contributed by atoms with Crippen LogP contribution in [0.2, 0.25) is 0 Å². The number of carboxylic acid groups (broad SMARTS) is 1. The maximum atomic E-state index is 10.6. The van der Waals surface area contributed by atoms with Crippen molar-refractivity contribution in [3.63, 3.8) is 0 Å². The van der Waals surface area contributed by atoms with Gasteiger partial charge in [-0.25, -0.2) is 0 Å². The van der Waals surface area contributed by atoms with Crippen LogP contribution in [0, 0.1) is 23.0 Å². The molecule has 0 aliphatic rings. The summed E-state index contributed by atoms with van der Waals surface area (Å²) in [7, 11) is 0. The number of benzene rings is 1. The second kappa shape index (κ2) is 6.00. The molecule has 0 aliphatic carbocycles. The zero-order valence-corrected chi connectivity index (χ0v) is 10.3. The summed E-state index contributed by atoms with van der Waals surface area (Å²) in [5.41, 5.74) is 1.42. The number of carbonyl (C=O) groups is 1. The Kier molecular flexibility index (Phi) is 4.65. The van der Waals surface area contributed by atoms with Gasteiger partial charge < -0.3 is 10.4 Å². The molecule has 6 nitrogen and oxygen atoms in total. The van der Waals surface area contributed by atoms with Gasteiger partial charge in [0.25, 0.3) is 5.69 Å². The molecule has 0 amide bonds. The van der Waals surface area contributed by atoms with E-state index in [1.807, 2.05) is 6.92 Å². The van der Waals surface area contributed by atoms with E-state index in [9.17, 15) is 14.9 Å². The van der Waals surface area contributed by atoms with Gasteiger partial charge in [0.2, 0.25) is 0 Å². The Bertz CT molecular complexity index is 459. The summed E-state index contributed by atoms with van der Waals surface area (Å²) in [5, 5.41) is 22.3. The molecule has 0 aromatic heterocycles. The lowest BCUT2D eigenvalue weighted by atomic mass is 10.1. The highest BCUT2D eigenvalue weighted by molar-refractivity contribution is 5.67. The SMILES string of the molecule is Cc1cc(NCC(C)CC(=O)O)ccc1[N+](=O)[O-]. The Morgan fingerprint density at radius 3 is 2.72 bits per heavy atom. The molecule has 1 atom stereocenters. The Morgan fingerprint density at radius 1 is 1.56 bits per heavy atom. The van der Waals surface area contributed by atoms with Crippen LogP contribution in [0.1, 0.15) is 18.9 Å². The van der Waals surface area contributed by atoms with Crippen molar-refractivity contribution < 1.29 is 14.8 Å². The first-order valence-corrected chi connectivity index (χ1v) is 5.61. The molecular weight excluding hydrogens is 236 g/mol. The second-order valence-corrected chi connectivity index (χ2v) is 4.34. The first-order chi connectivity index (χ1) is 8.40. The van der Waals surface area contributed by atoms with E-state index in [1.54, 1.807) is 19.1 Å². The first kappa shape index (κ1) is 14.0. The lowest BCUT2D eigenvalue weighted by Crippen LogP contribution is -2.15. The zero-order chi connectivity index (χ0) is 13.7. The van der Waals surface area contributed by atoms with Gasteiger partial charge in [-0.15, -0.1) is 0 Å². The fraction of sp³-hybridized carbons (Fsp3) is 0.417. The summed E-state index contributed by atoms with van der Waals surface area (Å²) in [5.74, 6) is -0.831. The molecule has 0 heterocycles. The molecule has 1 unspecified atom stereocenters. The first-order valence-electron chi connectivity index (χ1n) is 5.61. The summed E-state index contributed by atoms with van der Waals surface area (Å²) >= 11 is 0. The maximum Gasteiger partial charge on any atom is 0.303 e. The normalized spacial score (nSPS) is 11.9. The number of nitrogens with zero attached hydrogens (tertiary/aromatic N) is 1. The van der Waals surface area contributed by atoms with Gasteiger partial charge in [0.1, 0.15) is 0 Å². The average Bonchev–Trinajstić information content (AvgIpc) is 2.25. The van der Waals surface area contributed by atoms with Crippen LogP contribution in [0.15, 0.2) is 18.2 Å². The number of nitro benzene ring substituents is 1. The average molecular weight is 252 g/mol. The highest BCUT2D eigenvalue weighted by Gasteiger charge is 2.11. The Labute approximate surface area is 105 Å². The van der Waals surface area contributed by atoms with Crippen LogP contribution in [0.3, 0.4) is 0 Å². The van der Waals surface area contributed by atoms with E-state index in [-0.39, 0.29) is 18.0 Å². The molecule has 1 aromatic carbocycles. The van der Waals surface area contributed by atoms with E-state index in [0.29, 0.717) is 12.1 Å². The fourth-order valence-electron chi connectivity index (χ4n) is 1.63. The summed E-state index contributed by atoms with van der Waals surface area (Å²) in [4.78, 5) is 20.7. The molecule has 0 fully saturated rings. The number of nitrogens with one attached hydrogen (secondary N) is 1. The summed E-state index contributed by atoms with van der Waals surface area (Å²) < 4.78 is 0. The van der Waals surface area contributed by atoms with Crippen LogP contribution in [0.5, 0.6) is 0 Å². The summed E-state index contributed by atoms with van der Waals surface area (Å²) in [6.07, 6.45) is 0.0962. The third-order valence-electron chi connectivity index (χ3n) is 2.57. The van der Waals surface area contributed by atoms with E-state index in [2.05, 4.69) is 5.32 Å². The number of aliphatic carboxylic acids is 1. The van der Waals surface area contributed by atoms with Gasteiger partial charge in [0.15, 0.2) is 0 Å². The third kappa shape index (κ3) is 4.04. The van der Waals surface area contributed by atoms with Crippen molar-refractivity contribution in [2.75, 3.05) is 11.9 Å². The van der Waals surface area contributed by atoms with Gasteiger partial charge in [-0.2, -0.15) is 0 Å².